The third-order valence-corrected chi connectivity index (χ3v) is 4.73. The highest BCUT2D eigenvalue weighted by atomic mass is 15.3. The average Bonchev–Trinajstić information content (AvgIpc) is 3.00. The standard InChI is InChI=1S/C15H27N5/c1-2-9-20-14(16-13-18-20)11-19-10-5-8-17-15(12-19)6-3-4-7-15/h13,17H,2-12H2,1H3. The predicted octanol–water partition coefficient (Wildman–Crippen LogP) is 1.80. The maximum Gasteiger partial charge on any atom is 0.141 e. The molecule has 0 radical (unpaired) electrons. The average molecular weight is 277 g/mol. The van der Waals surface area contributed by atoms with E-state index < -0.39 is 0 Å². The van der Waals surface area contributed by atoms with E-state index in [0.717, 1.165) is 31.9 Å². The number of rotatable bonds is 4. The predicted molar refractivity (Wildman–Crippen MR) is 79.4 cm³/mol. The summed E-state index contributed by atoms with van der Waals surface area (Å²) in [5, 5.41) is 8.17. The molecular weight excluding hydrogens is 250 g/mol. The molecule has 1 spiro atoms. The minimum Gasteiger partial charge on any atom is -0.310 e. The van der Waals surface area contributed by atoms with E-state index in [0.29, 0.717) is 5.54 Å². The normalized spacial score (nSPS) is 23.2. The van der Waals surface area contributed by atoms with Crippen molar-refractivity contribution < 1.29 is 0 Å². The van der Waals surface area contributed by atoms with Crippen molar-refractivity contribution in [2.45, 2.75) is 64.1 Å². The molecule has 0 amide bonds. The first-order valence-corrected chi connectivity index (χ1v) is 8.15. The summed E-state index contributed by atoms with van der Waals surface area (Å²) in [5.74, 6) is 1.13. The van der Waals surface area contributed by atoms with Gasteiger partial charge in [-0.15, -0.1) is 0 Å². The lowest BCUT2D eigenvalue weighted by Crippen LogP contribution is -2.49. The fraction of sp³-hybridized carbons (Fsp3) is 0.867. The smallest absolute Gasteiger partial charge is 0.141 e. The van der Waals surface area contributed by atoms with Gasteiger partial charge < -0.3 is 5.32 Å². The quantitative estimate of drug-likeness (QED) is 0.911. The molecule has 0 bridgehead atoms. The topological polar surface area (TPSA) is 46.0 Å². The minimum atomic E-state index is 0.381. The van der Waals surface area contributed by atoms with Crippen LogP contribution in [0.4, 0.5) is 0 Å². The second kappa shape index (κ2) is 6.22. The number of nitrogens with zero attached hydrogens (tertiary/aromatic N) is 4. The zero-order valence-corrected chi connectivity index (χ0v) is 12.6. The summed E-state index contributed by atoms with van der Waals surface area (Å²) in [5.41, 5.74) is 0.381. The summed E-state index contributed by atoms with van der Waals surface area (Å²) < 4.78 is 2.07. The SMILES string of the molecule is CCCn1ncnc1CN1CCCNC2(CCCC2)C1. The third-order valence-electron chi connectivity index (χ3n) is 4.73. The van der Waals surface area contributed by atoms with E-state index in [1.165, 1.54) is 45.2 Å². The zero-order valence-electron chi connectivity index (χ0n) is 12.6. The molecule has 20 heavy (non-hydrogen) atoms. The van der Waals surface area contributed by atoms with Crippen molar-refractivity contribution in [2.75, 3.05) is 19.6 Å². The van der Waals surface area contributed by atoms with Crippen LogP contribution in [0.15, 0.2) is 6.33 Å². The Labute approximate surface area is 121 Å². The number of nitrogens with one attached hydrogen (secondary N) is 1. The Balaban J connectivity index is 1.67. The van der Waals surface area contributed by atoms with Crippen molar-refractivity contribution in [1.29, 1.82) is 0 Å². The molecule has 1 N–H and O–H groups in total. The van der Waals surface area contributed by atoms with Crippen LogP contribution in [0.5, 0.6) is 0 Å². The third kappa shape index (κ3) is 3.04. The van der Waals surface area contributed by atoms with Crippen molar-refractivity contribution in [2.24, 2.45) is 0 Å². The number of hydrogen-bond acceptors (Lipinski definition) is 4. The first-order valence-electron chi connectivity index (χ1n) is 8.15. The molecule has 1 saturated carbocycles. The second-order valence-corrected chi connectivity index (χ2v) is 6.38. The Morgan fingerprint density at radius 3 is 2.95 bits per heavy atom. The Morgan fingerprint density at radius 1 is 1.30 bits per heavy atom. The highest BCUT2D eigenvalue weighted by Crippen LogP contribution is 2.31. The van der Waals surface area contributed by atoms with E-state index in [4.69, 9.17) is 0 Å². The Morgan fingerprint density at radius 2 is 2.15 bits per heavy atom. The molecule has 112 valence electrons. The van der Waals surface area contributed by atoms with Crippen molar-refractivity contribution >= 4 is 0 Å². The highest BCUT2D eigenvalue weighted by molar-refractivity contribution is 4.98. The van der Waals surface area contributed by atoms with E-state index >= 15 is 0 Å². The summed E-state index contributed by atoms with van der Waals surface area (Å²) in [4.78, 5) is 7.05. The summed E-state index contributed by atoms with van der Waals surface area (Å²) in [7, 11) is 0. The van der Waals surface area contributed by atoms with Crippen LogP contribution < -0.4 is 5.32 Å². The second-order valence-electron chi connectivity index (χ2n) is 6.38. The van der Waals surface area contributed by atoms with E-state index in [9.17, 15) is 0 Å². The van der Waals surface area contributed by atoms with Gasteiger partial charge in [0.15, 0.2) is 0 Å². The van der Waals surface area contributed by atoms with Crippen molar-refractivity contribution in [3.05, 3.63) is 12.2 Å². The molecule has 5 heteroatoms. The molecule has 2 heterocycles. The molecule has 2 fully saturated rings. The Kier molecular flexibility index (Phi) is 4.36. The first kappa shape index (κ1) is 14.0. The largest absolute Gasteiger partial charge is 0.310 e. The van der Waals surface area contributed by atoms with Gasteiger partial charge in [0.25, 0.3) is 0 Å². The summed E-state index contributed by atoms with van der Waals surface area (Å²) in [6.07, 6.45) is 9.49. The zero-order chi connectivity index (χ0) is 13.8. The van der Waals surface area contributed by atoms with Crippen LogP contribution in [0.25, 0.3) is 0 Å². The molecule has 2 aliphatic rings. The van der Waals surface area contributed by atoms with Gasteiger partial charge in [0.2, 0.25) is 0 Å². The van der Waals surface area contributed by atoms with Gasteiger partial charge in [0.05, 0.1) is 6.54 Å². The van der Waals surface area contributed by atoms with Gasteiger partial charge in [-0.1, -0.05) is 19.8 Å². The lowest BCUT2D eigenvalue weighted by molar-refractivity contribution is 0.197. The van der Waals surface area contributed by atoms with Crippen molar-refractivity contribution in [3.8, 4) is 0 Å². The summed E-state index contributed by atoms with van der Waals surface area (Å²) in [6, 6.07) is 0. The van der Waals surface area contributed by atoms with Gasteiger partial charge in [-0.25, -0.2) is 9.67 Å². The Hall–Kier alpha value is -0.940. The van der Waals surface area contributed by atoms with Crippen molar-refractivity contribution in [1.82, 2.24) is 25.0 Å². The van der Waals surface area contributed by atoms with Crippen LogP contribution >= 0.6 is 0 Å². The van der Waals surface area contributed by atoms with Gasteiger partial charge in [0, 0.05) is 18.6 Å². The summed E-state index contributed by atoms with van der Waals surface area (Å²) in [6.45, 7) is 7.63. The summed E-state index contributed by atoms with van der Waals surface area (Å²) >= 11 is 0. The van der Waals surface area contributed by atoms with Crippen molar-refractivity contribution in [3.63, 3.8) is 0 Å². The molecule has 1 aliphatic carbocycles. The maximum absolute atomic E-state index is 4.46. The Bertz CT molecular complexity index is 422. The highest BCUT2D eigenvalue weighted by Gasteiger charge is 2.36. The lowest BCUT2D eigenvalue weighted by atomic mass is 9.97. The molecule has 0 atom stereocenters. The van der Waals surface area contributed by atoms with Crippen LogP contribution in [0.1, 0.15) is 51.3 Å². The monoisotopic (exact) mass is 277 g/mol. The van der Waals surface area contributed by atoms with E-state index in [1.54, 1.807) is 6.33 Å². The van der Waals surface area contributed by atoms with Crippen LogP contribution in [0.3, 0.4) is 0 Å². The maximum atomic E-state index is 4.46. The molecule has 1 aromatic rings. The van der Waals surface area contributed by atoms with E-state index in [2.05, 4.69) is 31.9 Å². The van der Waals surface area contributed by atoms with E-state index in [-0.39, 0.29) is 0 Å². The molecule has 3 rings (SSSR count). The van der Waals surface area contributed by atoms with Gasteiger partial charge in [-0.2, -0.15) is 5.10 Å². The molecule has 5 nitrogen and oxygen atoms in total. The fourth-order valence-electron chi connectivity index (χ4n) is 3.75. The van der Waals surface area contributed by atoms with Gasteiger partial charge in [0.1, 0.15) is 12.2 Å². The number of aromatic nitrogens is 3. The molecule has 0 unspecified atom stereocenters. The number of aryl methyl sites for hydroxylation is 1. The van der Waals surface area contributed by atoms with Crippen LogP contribution in [-0.4, -0.2) is 44.8 Å². The molecule has 1 saturated heterocycles. The van der Waals surface area contributed by atoms with Gasteiger partial charge in [-0.3, -0.25) is 4.90 Å². The lowest BCUT2D eigenvalue weighted by Gasteiger charge is -2.33. The van der Waals surface area contributed by atoms with Crippen LogP contribution in [0, 0.1) is 0 Å². The molecule has 0 aromatic carbocycles. The minimum absolute atomic E-state index is 0.381. The van der Waals surface area contributed by atoms with E-state index in [1.807, 2.05) is 0 Å². The molecule has 1 aromatic heterocycles. The molecule has 1 aliphatic heterocycles. The van der Waals surface area contributed by atoms with Gasteiger partial charge >= 0.3 is 0 Å². The first-order chi connectivity index (χ1) is 9.81. The van der Waals surface area contributed by atoms with Crippen LogP contribution in [-0.2, 0) is 13.1 Å². The fourth-order valence-corrected chi connectivity index (χ4v) is 3.75. The molecular formula is C15H27N5. The van der Waals surface area contributed by atoms with Gasteiger partial charge in [-0.05, 0) is 38.8 Å². The van der Waals surface area contributed by atoms with Crippen LogP contribution in [0.2, 0.25) is 0 Å². The number of hydrogen-bond donors (Lipinski definition) is 1.